The van der Waals surface area contributed by atoms with Gasteiger partial charge in [-0.3, -0.25) is 0 Å². The van der Waals surface area contributed by atoms with E-state index in [-0.39, 0.29) is 0 Å². The van der Waals surface area contributed by atoms with E-state index in [0.29, 0.717) is 6.04 Å². The van der Waals surface area contributed by atoms with Crippen molar-refractivity contribution in [2.75, 3.05) is 6.54 Å². The lowest BCUT2D eigenvalue weighted by Gasteiger charge is -2.18. The van der Waals surface area contributed by atoms with Crippen LogP contribution in [0.4, 0.5) is 0 Å². The van der Waals surface area contributed by atoms with Crippen molar-refractivity contribution >= 4 is 0 Å². The van der Waals surface area contributed by atoms with Gasteiger partial charge in [-0.05, 0) is 37.4 Å². The van der Waals surface area contributed by atoms with Gasteiger partial charge in [0.05, 0.1) is 0 Å². The van der Waals surface area contributed by atoms with Crippen molar-refractivity contribution < 1.29 is 0 Å². The van der Waals surface area contributed by atoms with Crippen molar-refractivity contribution in [2.45, 2.75) is 38.6 Å². The summed E-state index contributed by atoms with van der Waals surface area (Å²) < 4.78 is 0. The molecule has 1 heteroatoms. The Morgan fingerprint density at radius 2 is 2.14 bits per heavy atom. The molecule has 0 amide bonds. The van der Waals surface area contributed by atoms with Crippen molar-refractivity contribution in [3.8, 4) is 0 Å². The van der Waals surface area contributed by atoms with Crippen molar-refractivity contribution in [3.63, 3.8) is 0 Å². The lowest BCUT2D eigenvalue weighted by Crippen LogP contribution is -2.22. The molecule has 2 rings (SSSR count). The summed E-state index contributed by atoms with van der Waals surface area (Å²) in [6.45, 7) is 5.71. The summed E-state index contributed by atoms with van der Waals surface area (Å²) in [7, 11) is 0. The van der Waals surface area contributed by atoms with E-state index in [1.807, 2.05) is 0 Å². The van der Waals surface area contributed by atoms with Gasteiger partial charge in [0, 0.05) is 12.0 Å². The Hall–Kier alpha value is -0.820. The van der Waals surface area contributed by atoms with Crippen molar-refractivity contribution in [1.29, 1.82) is 0 Å². The first kappa shape index (κ1) is 9.72. The summed E-state index contributed by atoms with van der Waals surface area (Å²) in [5.74, 6) is 0.728. The zero-order valence-corrected chi connectivity index (χ0v) is 9.09. The Kier molecular flexibility index (Phi) is 2.87. The van der Waals surface area contributed by atoms with Crippen LogP contribution in [0.1, 0.15) is 37.3 Å². The van der Waals surface area contributed by atoms with E-state index in [4.69, 9.17) is 0 Å². The molecule has 0 aliphatic carbocycles. The summed E-state index contributed by atoms with van der Waals surface area (Å²) in [5, 5.41) is 3.52. The minimum atomic E-state index is 0.641. The predicted octanol–water partition coefficient (Wildman–Crippen LogP) is 2.71. The van der Waals surface area contributed by atoms with Crippen LogP contribution >= 0.6 is 0 Å². The van der Waals surface area contributed by atoms with Crippen LogP contribution in [-0.4, -0.2) is 12.6 Å². The summed E-state index contributed by atoms with van der Waals surface area (Å²) in [4.78, 5) is 0. The highest BCUT2D eigenvalue weighted by Crippen LogP contribution is 2.30. The van der Waals surface area contributed by atoms with Gasteiger partial charge in [0.2, 0.25) is 0 Å². The van der Waals surface area contributed by atoms with Gasteiger partial charge in [-0.1, -0.05) is 31.2 Å². The minimum absolute atomic E-state index is 0.641. The summed E-state index contributed by atoms with van der Waals surface area (Å²) in [5.41, 5.74) is 3.08. The van der Waals surface area contributed by atoms with Crippen LogP contribution in [0.15, 0.2) is 24.3 Å². The molecule has 14 heavy (non-hydrogen) atoms. The molecule has 1 nitrogen and oxygen atoms in total. The second kappa shape index (κ2) is 4.14. The average Bonchev–Trinajstić information content (AvgIpc) is 2.64. The number of hydrogen-bond donors (Lipinski definition) is 1. The van der Waals surface area contributed by atoms with Gasteiger partial charge in [0.25, 0.3) is 0 Å². The van der Waals surface area contributed by atoms with Gasteiger partial charge < -0.3 is 5.32 Å². The van der Waals surface area contributed by atoms with Gasteiger partial charge in [-0.2, -0.15) is 0 Å². The molecule has 0 saturated carbocycles. The van der Waals surface area contributed by atoms with Crippen LogP contribution in [0, 0.1) is 0 Å². The van der Waals surface area contributed by atoms with Gasteiger partial charge in [-0.15, -0.1) is 0 Å². The van der Waals surface area contributed by atoms with Crippen LogP contribution < -0.4 is 5.32 Å². The van der Waals surface area contributed by atoms with Gasteiger partial charge >= 0.3 is 0 Å². The van der Waals surface area contributed by atoms with Crippen LogP contribution in [0.2, 0.25) is 0 Å². The van der Waals surface area contributed by atoms with Crippen LogP contribution in [0.3, 0.4) is 0 Å². The number of aryl methyl sites for hydroxylation is 1. The largest absolute Gasteiger partial charge is 0.314 e. The molecule has 0 aromatic heterocycles. The first-order chi connectivity index (χ1) is 6.83. The van der Waals surface area contributed by atoms with Crippen molar-refractivity contribution in [3.05, 3.63) is 35.4 Å². The fourth-order valence-electron chi connectivity index (χ4n) is 2.50. The molecule has 2 unspecified atom stereocenters. The lowest BCUT2D eigenvalue weighted by atomic mass is 9.88. The second-order valence-electron chi connectivity index (χ2n) is 4.19. The quantitative estimate of drug-likeness (QED) is 0.754. The lowest BCUT2D eigenvalue weighted by molar-refractivity contribution is 0.590. The highest BCUT2D eigenvalue weighted by atomic mass is 14.9. The van der Waals surface area contributed by atoms with Crippen LogP contribution in [0.5, 0.6) is 0 Å². The Morgan fingerprint density at radius 1 is 1.36 bits per heavy atom. The minimum Gasteiger partial charge on any atom is -0.314 e. The number of rotatable bonds is 2. The maximum absolute atomic E-state index is 3.52. The third-order valence-corrected chi connectivity index (χ3v) is 3.36. The summed E-state index contributed by atoms with van der Waals surface area (Å²) >= 11 is 0. The molecular formula is C13H19N. The topological polar surface area (TPSA) is 12.0 Å². The molecule has 76 valence electrons. The Balaban J connectivity index is 2.30. The zero-order chi connectivity index (χ0) is 9.97. The molecule has 1 saturated heterocycles. The van der Waals surface area contributed by atoms with E-state index in [2.05, 4.69) is 43.4 Å². The predicted molar refractivity (Wildman–Crippen MR) is 60.6 cm³/mol. The molecule has 2 atom stereocenters. The van der Waals surface area contributed by atoms with E-state index in [1.54, 1.807) is 5.56 Å². The maximum atomic E-state index is 3.52. The monoisotopic (exact) mass is 189 g/mol. The highest BCUT2D eigenvalue weighted by molar-refractivity contribution is 5.32. The van der Waals surface area contributed by atoms with Crippen molar-refractivity contribution in [2.24, 2.45) is 0 Å². The normalized spacial score (nSPS) is 26.7. The Bertz CT molecular complexity index is 306. The molecule has 0 spiro atoms. The fourth-order valence-corrected chi connectivity index (χ4v) is 2.50. The number of nitrogens with one attached hydrogen (secondary N) is 1. The standard InChI is InChI=1S/C13H19N/c1-3-11-6-4-5-7-13(11)12-8-9-14-10(12)2/h4-7,10,12,14H,3,8-9H2,1-2H3. The highest BCUT2D eigenvalue weighted by Gasteiger charge is 2.25. The fraction of sp³-hybridized carbons (Fsp3) is 0.538. The first-order valence-corrected chi connectivity index (χ1v) is 5.64. The van der Waals surface area contributed by atoms with E-state index in [9.17, 15) is 0 Å². The molecule has 1 aromatic rings. The summed E-state index contributed by atoms with van der Waals surface area (Å²) in [6, 6.07) is 9.52. The Morgan fingerprint density at radius 3 is 2.79 bits per heavy atom. The molecule has 0 bridgehead atoms. The SMILES string of the molecule is CCc1ccccc1C1CCNC1C. The molecule has 0 radical (unpaired) electrons. The van der Waals surface area contributed by atoms with Crippen LogP contribution in [-0.2, 0) is 6.42 Å². The summed E-state index contributed by atoms with van der Waals surface area (Å²) in [6.07, 6.45) is 2.44. The molecule has 1 aliphatic heterocycles. The van der Waals surface area contributed by atoms with Gasteiger partial charge in [-0.25, -0.2) is 0 Å². The van der Waals surface area contributed by atoms with E-state index < -0.39 is 0 Å². The molecular weight excluding hydrogens is 170 g/mol. The number of hydrogen-bond acceptors (Lipinski definition) is 1. The Labute approximate surface area is 86.5 Å². The van der Waals surface area contributed by atoms with E-state index >= 15 is 0 Å². The van der Waals surface area contributed by atoms with E-state index in [0.717, 1.165) is 12.3 Å². The second-order valence-corrected chi connectivity index (χ2v) is 4.19. The molecule has 1 N–H and O–H groups in total. The third kappa shape index (κ3) is 1.69. The maximum Gasteiger partial charge on any atom is 0.0108 e. The molecule has 1 aliphatic rings. The van der Waals surface area contributed by atoms with Gasteiger partial charge in [0.1, 0.15) is 0 Å². The number of benzene rings is 1. The van der Waals surface area contributed by atoms with E-state index in [1.165, 1.54) is 18.5 Å². The third-order valence-electron chi connectivity index (χ3n) is 3.36. The van der Waals surface area contributed by atoms with Crippen LogP contribution in [0.25, 0.3) is 0 Å². The molecule has 1 fully saturated rings. The first-order valence-electron chi connectivity index (χ1n) is 5.64. The van der Waals surface area contributed by atoms with Gasteiger partial charge in [0.15, 0.2) is 0 Å². The zero-order valence-electron chi connectivity index (χ0n) is 9.09. The smallest absolute Gasteiger partial charge is 0.0108 e. The molecule has 1 heterocycles. The van der Waals surface area contributed by atoms with Crippen molar-refractivity contribution in [1.82, 2.24) is 5.32 Å². The molecule has 1 aromatic carbocycles. The average molecular weight is 189 g/mol.